The highest BCUT2D eigenvalue weighted by molar-refractivity contribution is 8.01. The highest BCUT2D eigenvalue weighted by atomic mass is 32.2. The summed E-state index contributed by atoms with van der Waals surface area (Å²) in [5.74, 6) is 0.148. The Balaban J connectivity index is 2.13. The molecule has 5 nitrogen and oxygen atoms in total. The molecular weight excluding hydrogens is 346 g/mol. The molecule has 0 saturated carbocycles. The predicted molar refractivity (Wildman–Crippen MR) is 108 cm³/mol. The maximum atomic E-state index is 12.7. The van der Waals surface area contributed by atoms with Crippen LogP contribution in [0.15, 0.2) is 24.3 Å². The maximum absolute atomic E-state index is 12.7. The first-order valence-electron chi connectivity index (χ1n) is 9.30. The van der Waals surface area contributed by atoms with E-state index in [0.29, 0.717) is 13.1 Å². The lowest BCUT2D eigenvalue weighted by atomic mass is 10.1. The molecule has 0 radical (unpaired) electrons. The van der Waals surface area contributed by atoms with Gasteiger partial charge in [0, 0.05) is 25.2 Å². The average molecular weight is 378 g/mol. The molecule has 1 aromatic rings. The summed E-state index contributed by atoms with van der Waals surface area (Å²) >= 11 is 1.68. The number of nitrogens with one attached hydrogen (secondary N) is 1. The maximum Gasteiger partial charge on any atom is 0.317 e. The number of amides is 3. The van der Waals surface area contributed by atoms with Crippen molar-refractivity contribution in [2.24, 2.45) is 0 Å². The van der Waals surface area contributed by atoms with Gasteiger partial charge in [0.25, 0.3) is 0 Å². The SMILES string of the molecule is Cc1cccc([C@@H]2S[C@H](C)C(=O)N2CCN(C(=O)NC(C)C)C(C)C)c1. The fraction of sp³-hybridized carbons (Fsp3) is 0.600. The molecule has 26 heavy (non-hydrogen) atoms. The Hall–Kier alpha value is -1.69. The van der Waals surface area contributed by atoms with Gasteiger partial charge in [-0.25, -0.2) is 4.79 Å². The van der Waals surface area contributed by atoms with E-state index >= 15 is 0 Å². The van der Waals surface area contributed by atoms with Crippen molar-refractivity contribution < 1.29 is 9.59 Å². The molecule has 0 aliphatic carbocycles. The highest BCUT2D eigenvalue weighted by Gasteiger charge is 2.38. The molecule has 0 unspecified atom stereocenters. The van der Waals surface area contributed by atoms with Crippen LogP contribution in [-0.2, 0) is 4.79 Å². The Morgan fingerprint density at radius 1 is 1.31 bits per heavy atom. The Morgan fingerprint density at radius 3 is 2.58 bits per heavy atom. The van der Waals surface area contributed by atoms with Crippen molar-refractivity contribution in [1.82, 2.24) is 15.1 Å². The second-order valence-electron chi connectivity index (χ2n) is 7.47. The summed E-state index contributed by atoms with van der Waals surface area (Å²) in [5, 5.41) is 2.90. The molecule has 1 aromatic carbocycles. The van der Waals surface area contributed by atoms with Gasteiger partial charge in [-0.05, 0) is 47.1 Å². The normalized spacial score (nSPS) is 20.2. The van der Waals surface area contributed by atoms with Crippen LogP contribution < -0.4 is 5.32 Å². The Bertz CT molecular complexity index is 648. The molecule has 1 heterocycles. The van der Waals surface area contributed by atoms with Gasteiger partial charge in [0.15, 0.2) is 0 Å². The Labute approximate surface area is 161 Å². The van der Waals surface area contributed by atoms with Crippen LogP contribution in [0, 0.1) is 6.92 Å². The average Bonchev–Trinajstić information content (AvgIpc) is 2.82. The van der Waals surface area contributed by atoms with E-state index in [1.807, 2.05) is 45.6 Å². The molecule has 1 aliphatic rings. The van der Waals surface area contributed by atoms with Crippen LogP contribution in [-0.4, -0.2) is 52.2 Å². The quantitative estimate of drug-likeness (QED) is 0.821. The third-order valence-corrected chi connectivity index (χ3v) is 5.85. The smallest absolute Gasteiger partial charge is 0.317 e. The Kier molecular flexibility index (Phi) is 6.98. The third-order valence-electron chi connectivity index (χ3n) is 4.45. The minimum atomic E-state index is -0.0746. The number of carbonyl (C=O) groups is 2. The van der Waals surface area contributed by atoms with Crippen molar-refractivity contribution in [3.05, 3.63) is 35.4 Å². The topological polar surface area (TPSA) is 52.7 Å². The van der Waals surface area contributed by atoms with Gasteiger partial charge in [-0.15, -0.1) is 11.8 Å². The zero-order chi connectivity index (χ0) is 19.4. The number of urea groups is 1. The summed E-state index contributed by atoms with van der Waals surface area (Å²) in [6.45, 7) is 13.0. The molecule has 6 heteroatoms. The van der Waals surface area contributed by atoms with E-state index in [9.17, 15) is 9.59 Å². The molecular formula is C20H31N3O2S. The first-order chi connectivity index (χ1) is 12.2. The molecule has 3 amide bonds. The summed E-state index contributed by atoms with van der Waals surface area (Å²) in [6.07, 6.45) is 0. The Morgan fingerprint density at radius 2 is 2.00 bits per heavy atom. The van der Waals surface area contributed by atoms with Crippen molar-refractivity contribution in [2.75, 3.05) is 13.1 Å². The van der Waals surface area contributed by atoms with Crippen LogP contribution in [0.25, 0.3) is 0 Å². The lowest BCUT2D eigenvalue weighted by Crippen LogP contribution is -2.49. The van der Waals surface area contributed by atoms with E-state index in [1.54, 1.807) is 16.7 Å². The van der Waals surface area contributed by atoms with E-state index in [4.69, 9.17) is 0 Å². The van der Waals surface area contributed by atoms with Gasteiger partial charge in [-0.3, -0.25) is 4.79 Å². The number of benzene rings is 1. The minimum absolute atomic E-state index is 0.0135. The summed E-state index contributed by atoms with van der Waals surface area (Å²) in [4.78, 5) is 28.9. The molecule has 144 valence electrons. The van der Waals surface area contributed by atoms with Gasteiger partial charge >= 0.3 is 6.03 Å². The molecule has 0 aromatic heterocycles. The van der Waals surface area contributed by atoms with E-state index < -0.39 is 0 Å². The minimum Gasteiger partial charge on any atom is -0.336 e. The number of thioether (sulfide) groups is 1. The van der Waals surface area contributed by atoms with Gasteiger partial charge in [0.1, 0.15) is 5.37 Å². The molecule has 1 fully saturated rings. The fourth-order valence-corrected chi connectivity index (χ4v) is 4.42. The largest absolute Gasteiger partial charge is 0.336 e. The first-order valence-corrected chi connectivity index (χ1v) is 10.2. The van der Waals surface area contributed by atoms with Crippen molar-refractivity contribution in [3.63, 3.8) is 0 Å². The van der Waals surface area contributed by atoms with Crippen molar-refractivity contribution in [2.45, 2.75) is 64.2 Å². The summed E-state index contributed by atoms with van der Waals surface area (Å²) in [7, 11) is 0. The van der Waals surface area contributed by atoms with E-state index in [-0.39, 0.29) is 34.6 Å². The van der Waals surface area contributed by atoms with E-state index in [0.717, 1.165) is 5.56 Å². The number of carbonyl (C=O) groups excluding carboxylic acids is 2. The highest BCUT2D eigenvalue weighted by Crippen LogP contribution is 2.42. The van der Waals surface area contributed by atoms with Gasteiger partial charge < -0.3 is 15.1 Å². The lowest BCUT2D eigenvalue weighted by Gasteiger charge is -2.31. The van der Waals surface area contributed by atoms with Crippen LogP contribution in [0.3, 0.4) is 0 Å². The number of nitrogens with zero attached hydrogens (tertiary/aromatic N) is 2. The number of hydrogen-bond acceptors (Lipinski definition) is 3. The number of rotatable bonds is 6. The summed E-state index contributed by atoms with van der Waals surface area (Å²) in [5.41, 5.74) is 2.34. The molecule has 2 atom stereocenters. The standard InChI is InChI=1S/C20H31N3O2S/c1-13(2)21-20(25)22(14(3)4)10-11-23-18(24)16(6)26-19(23)17-9-7-8-15(5)12-17/h7-9,12-14,16,19H,10-11H2,1-6H3,(H,21,25)/t16-,19+/m1/s1. The zero-order valence-electron chi connectivity index (χ0n) is 16.7. The second-order valence-corrected chi connectivity index (χ2v) is 8.89. The number of hydrogen-bond donors (Lipinski definition) is 1. The molecule has 0 spiro atoms. The van der Waals surface area contributed by atoms with Crippen LogP contribution in [0.1, 0.15) is 51.1 Å². The van der Waals surface area contributed by atoms with Gasteiger partial charge in [0.05, 0.1) is 5.25 Å². The zero-order valence-corrected chi connectivity index (χ0v) is 17.5. The van der Waals surface area contributed by atoms with Crippen LogP contribution in [0.5, 0.6) is 0 Å². The van der Waals surface area contributed by atoms with Crippen LogP contribution in [0.2, 0.25) is 0 Å². The second kappa shape index (κ2) is 8.80. The molecule has 1 N–H and O–H groups in total. The predicted octanol–water partition coefficient (Wildman–Crippen LogP) is 3.79. The van der Waals surface area contributed by atoms with E-state index in [2.05, 4.69) is 30.4 Å². The van der Waals surface area contributed by atoms with Gasteiger partial charge in [0.2, 0.25) is 5.91 Å². The fourth-order valence-electron chi connectivity index (χ4n) is 3.12. The molecule has 1 aliphatic heterocycles. The molecule has 2 rings (SSSR count). The molecule has 1 saturated heterocycles. The third kappa shape index (κ3) is 4.93. The first kappa shape index (κ1) is 20.6. The van der Waals surface area contributed by atoms with Crippen molar-refractivity contribution in [1.29, 1.82) is 0 Å². The monoisotopic (exact) mass is 377 g/mol. The van der Waals surface area contributed by atoms with Crippen LogP contribution >= 0.6 is 11.8 Å². The van der Waals surface area contributed by atoms with Crippen molar-refractivity contribution in [3.8, 4) is 0 Å². The number of aryl methyl sites for hydroxylation is 1. The van der Waals surface area contributed by atoms with Gasteiger partial charge in [-0.2, -0.15) is 0 Å². The van der Waals surface area contributed by atoms with E-state index in [1.165, 1.54) is 5.56 Å². The molecule has 0 bridgehead atoms. The van der Waals surface area contributed by atoms with Crippen molar-refractivity contribution >= 4 is 23.7 Å². The van der Waals surface area contributed by atoms with Gasteiger partial charge in [-0.1, -0.05) is 29.8 Å². The summed E-state index contributed by atoms with van der Waals surface area (Å²) < 4.78 is 0. The summed E-state index contributed by atoms with van der Waals surface area (Å²) in [6, 6.07) is 8.41. The van der Waals surface area contributed by atoms with Crippen LogP contribution in [0.4, 0.5) is 4.79 Å². The lowest BCUT2D eigenvalue weighted by molar-refractivity contribution is -0.130.